The number of halogens is 1. The largest absolute Gasteiger partial charge is 0.394 e. The Balaban J connectivity index is 1.75. The summed E-state index contributed by atoms with van der Waals surface area (Å²) < 4.78 is 14.9. The molecular formula is C26H15FN4O5S. The number of nitrogens with two attached hydrogens (primary N) is 1. The molecule has 0 aliphatic heterocycles. The quantitative estimate of drug-likeness (QED) is 0.320. The average molecular weight is 514 g/mol. The second-order valence-corrected chi connectivity index (χ2v) is 8.77. The van der Waals surface area contributed by atoms with E-state index in [0.29, 0.717) is 11.3 Å². The van der Waals surface area contributed by atoms with Gasteiger partial charge in [0.05, 0.1) is 10.6 Å². The predicted molar refractivity (Wildman–Crippen MR) is 133 cm³/mol. The third kappa shape index (κ3) is 4.17. The third-order valence-electron chi connectivity index (χ3n) is 5.70. The van der Waals surface area contributed by atoms with Crippen LogP contribution in [-0.4, -0.2) is 27.0 Å². The fraction of sp³-hybridized carbons (Fsp3) is 0. The van der Waals surface area contributed by atoms with Gasteiger partial charge in [0.1, 0.15) is 17.2 Å². The molecule has 0 atom stereocenters. The maximum absolute atomic E-state index is 13.6. The minimum absolute atomic E-state index is 0.00527. The number of nitro groups is 1. The minimum Gasteiger partial charge on any atom is -0.394 e. The highest BCUT2D eigenvalue weighted by Crippen LogP contribution is 2.31. The van der Waals surface area contributed by atoms with Crippen molar-refractivity contribution in [2.75, 3.05) is 0 Å². The fourth-order valence-electron chi connectivity index (χ4n) is 3.93. The molecule has 0 spiro atoms. The molecule has 3 aromatic carbocycles. The van der Waals surface area contributed by atoms with Gasteiger partial charge in [-0.3, -0.25) is 29.1 Å². The van der Waals surface area contributed by atoms with Crippen molar-refractivity contribution in [2.24, 2.45) is 10.7 Å². The lowest BCUT2D eigenvalue weighted by molar-refractivity contribution is -0.384. The van der Waals surface area contributed by atoms with Crippen LogP contribution >= 0.6 is 11.3 Å². The monoisotopic (exact) mass is 514 g/mol. The highest BCUT2D eigenvalue weighted by molar-refractivity contribution is 7.07. The van der Waals surface area contributed by atoms with Gasteiger partial charge >= 0.3 is 0 Å². The lowest BCUT2D eigenvalue weighted by atomic mass is 9.90. The van der Waals surface area contributed by atoms with Crippen molar-refractivity contribution < 1.29 is 23.7 Å². The summed E-state index contributed by atoms with van der Waals surface area (Å²) in [5.74, 6) is -2.41. The SMILES string of the molecule is NC1=C(n2c(-c3ccc(F)cc3)csc2=NC(=O)c2cccc([N+](=O)[O-])c2)C(=O)c2ccccc2C1=O. The molecule has 5 rings (SSSR count). The molecule has 1 amide bonds. The van der Waals surface area contributed by atoms with Crippen LogP contribution in [0.15, 0.2) is 88.9 Å². The zero-order chi connectivity index (χ0) is 26.3. The van der Waals surface area contributed by atoms with Crippen LogP contribution in [0.1, 0.15) is 31.1 Å². The first-order chi connectivity index (χ1) is 17.8. The van der Waals surface area contributed by atoms with Crippen LogP contribution in [0.5, 0.6) is 0 Å². The number of hydrogen-bond donors (Lipinski definition) is 1. The predicted octanol–water partition coefficient (Wildman–Crippen LogP) is 4.21. The van der Waals surface area contributed by atoms with E-state index in [1.165, 1.54) is 59.2 Å². The highest BCUT2D eigenvalue weighted by atomic mass is 32.1. The number of nitrogens with zero attached hydrogens (tertiary/aromatic N) is 3. The van der Waals surface area contributed by atoms with Gasteiger partial charge in [0, 0.05) is 34.2 Å². The number of Topliss-reactive ketones (excluding diaryl/α,β-unsaturated/α-hetero) is 2. The van der Waals surface area contributed by atoms with Crippen LogP contribution in [0.3, 0.4) is 0 Å². The normalized spacial score (nSPS) is 13.6. The first-order valence-corrected chi connectivity index (χ1v) is 11.6. The molecule has 1 heterocycles. The molecule has 1 aromatic heterocycles. The second kappa shape index (κ2) is 9.21. The van der Waals surface area contributed by atoms with Crippen LogP contribution in [0.4, 0.5) is 10.1 Å². The second-order valence-electron chi connectivity index (χ2n) is 7.94. The molecule has 0 saturated carbocycles. The number of aromatic nitrogens is 1. The zero-order valence-corrected chi connectivity index (χ0v) is 19.6. The summed E-state index contributed by atoms with van der Waals surface area (Å²) in [5.41, 5.74) is 6.42. The Labute approximate surface area is 211 Å². The summed E-state index contributed by atoms with van der Waals surface area (Å²) in [7, 11) is 0. The lowest BCUT2D eigenvalue weighted by Crippen LogP contribution is -2.32. The summed E-state index contributed by atoms with van der Waals surface area (Å²) in [6, 6.07) is 16.7. The van der Waals surface area contributed by atoms with Crippen molar-refractivity contribution in [3.05, 3.63) is 121 Å². The molecule has 182 valence electrons. The molecule has 4 aromatic rings. The molecule has 0 saturated heterocycles. The third-order valence-corrected chi connectivity index (χ3v) is 6.53. The van der Waals surface area contributed by atoms with E-state index in [1.54, 1.807) is 17.5 Å². The number of non-ortho nitro benzene ring substituents is 1. The Morgan fingerprint density at radius 3 is 2.32 bits per heavy atom. The molecule has 1 aliphatic carbocycles. The van der Waals surface area contributed by atoms with E-state index in [0.717, 1.165) is 17.4 Å². The van der Waals surface area contributed by atoms with Crippen molar-refractivity contribution in [2.45, 2.75) is 0 Å². The summed E-state index contributed by atoms with van der Waals surface area (Å²) in [6.45, 7) is 0. The number of nitro benzene ring substituents is 1. The van der Waals surface area contributed by atoms with Crippen LogP contribution in [0.25, 0.3) is 17.0 Å². The van der Waals surface area contributed by atoms with Crippen LogP contribution < -0.4 is 10.5 Å². The van der Waals surface area contributed by atoms with Gasteiger partial charge < -0.3 is 5.73 Å². The molecule has 11 heteroatoms. The molecule has 0 radical (unpaired) electrons. The number of benzene rings is 3. The smallest absolute Gasteiger partial charge is 0.279 e. The molecular weight excluding hydrogens is 499 g/mol. The molecule has 2 N–H and O–H groups in total. The van der Waals surface area contributed by atoms with E-state index in [4.69, 9.17) is 5.73 Å². The maximum atomic E-state index is 13.6. The standard InChI is InChI=1S/C26H15FN4O5S/c27-16-10-8-14(9-11-16)20-13-37-26(29-25(34)15-4-3-5-17(12-15)31(35)36)30(20)22-21(28)23(32)18-6-1-2-7-19(18)24(22)33/h1-13H,28H2. The van der Waals surface area contributed by atoms with Crippen LogP contribution in [0, 0.1) is 15.9 Å². The number of hydrogen-bond acceptors (Lipinski definition) is 7. The van der Waals surface area contributed by atoms with E-state index in [2.05, 4.69) is 4.99 Å². The van der Waals surface area contributed by atoms with E-state index in [-0.39, 0.29) is 38.6 Å². The van der Waals surface area contributed by atoms with Crippen LogP contribution in [-0.2, 0) is 0 Å². The Kier molecular flexibility index (Phi) is 5.90. The van der Waals surface area contributed by atoms with Gasteiger partial charge in [0.25, 0.3) is 11.6 Å². The number of amides is 1. The number of allylic oxidation sites excluding steroid dienone is 2. The molecule has 0 bridgehead atoms. The number of ketones is 2. The van der Waals surface area contributed by atoms with E-state index in [9.17, 15) is 28.9 Å². The summed E-state index contributed by atoms with van der Waals surface area (Å²) in [5, 5.41) is 12.7. The molecule has 9 nitrogen and oxygen atoms in total. The van der Waals surface area contributed by atoms with Gasteiger partial charge in [-0.05, 0) is 35.9 Å². The number of rotatable bonds is 4. The van der Waals surface area contributed by atoms with Gasteiger partial charge in [0.15, 0.2) is 4.80 Å². The highest BCUT2D eigenvalue weighted by Gasteiger charge is 2.33. The van der Waals surface area contributed by atoms with E-state index >= 15 is 0 Å². The zero-order valence-electron chi connectivity index (χ0n) is 18.8. The topological polar surface area (TPSA) is 138 Å². The lowest BCUT2D eigenvalue weighted by Gasteiger charge is -2.20. The molecule has 0 unspecified atom stereocenters. The average Bonchev–Trinajstić information content (AvgIpc) is 3.30. The Morgan fingerprint density at radius 1 is 0.973 bits per heavy atom. The van der Waals surface area contributed by atoms with E-state index < -0.39 is 28.2 Å². The number of carbonyl (C=O) groups is 3. The maximum Gasteiger partial charge on any atom is 0.279 e. The number of fused-ring (bicyclic) bond motifs is 1. The Hall–Kier alpha value is -5.03. The van der Waals surface area contributed by atoms with Gasteiger partial charge in [-0.25, -0.2) is 4.39 Å². The van der Waals surface area contributed by atoms with Crippen molar-refractivity contribution in [3.63, 3.8) is 0 Å². The number of thiazole rings is 1. The van der Waals surface area contributed by atoms with Gasteiger partial charge in [-0.15, -0.1) is 11.3 Å². The van der Waals surface area contributed by atoms with Crippen molar-refractivity contribution >= 4 is 40.2 Å². The van der Waals surface area contributed by atoms with Gasteiger partial charge in [0.2, 0.25) is 11.6 Å². The Bertz CT molecular complexity index is 1730. The summed E-state index contributed by atoms with van der Waals surface area (Å²) in [4.78, 5) is 54.2. The first kappa shape index (κ1) is 23.7. The summed E-state index contributed by atoms with van der Waals surface area (Å²) in [6.07, 6.45) is 0. The fourth-order valence-corrected chi connectivity index (χ4v) is 4.82. The summed E-state index contributed by atoms with van der Waals surface area (Å²) >= 11 is 0.984. The van der Waals surface area contributed by atoms with Crippen molar-refractivity contribution in [1.82, 2.24) is 4.57 Å². The van der Waals surface area contributed by atoms with Crippen molar-refractivity contribution in [3.8, 4) is 11.3 Å². The molecule has 1 aliphatic rings. The molecule has 37 heavy (non-hydrogen) atoms. The number of carbonyl (C=O) groups excluding carboxylic acids is 3. The minimum atomic E-state index is -0.806. The van der Waals surface area contributed by atoms with Gasteiger partial charge in [-0.2, -0.15) is 4.99 Å². The van der Waals surface area contributed by atoms with Gasteiger partial charge in [-0.1, -0.05) is 30.3 Å². The Morgan fingerprint density at radius 2 is 1.65 bits per heavy atom. The van der Waals surface area contributed by atoms with E-state index in [1.807, 2.05) is 0 Å². The van der Waals surface area contributed by atoms with Crippen LogP contribution in [0.2, 0.25) is 0 Å². The molecule has 0 fully saturated rings. The van der Waals surface area contributed by atoms with Crippen molar-refractivity contribution in [1.29, 1.82) is 0 Å². The first-order valence-electron chi connectivity index (χ1n) is 10.7.